The number of ether oxygens (including phenoxy) is 1. The van der Waals surface area contributed by atoms with Gasteiger partial charge in [0.25, 0.3) is 0 Å². The molecule has 0 bridgehead atoms. The lowest BCUT2D eigenvalue weighted by Crippen LogP contribution is -2.15. The van der Waals surface area contributed by atoms with Gasteiger partial charge in [-0.25, -0.2) is 12.8 Å². The topological polar surface area (TPSA) is 77.5 Å². The van der Waals surface area contributed by atoms with E-state index in [-0.39, 0.29) is 35.4 Å². The van der Waals surface area contributed by atoms with Gasteiger partial charge in [0.2, 0.25) is 0 Å². The molecule has 2 aromatic carbocycles. The number of rotatable bonds is 5. The van der Waals surface area contributed by atoms with Gasteiger partial charge in [0, 0.05) is 17.5 Å². The van der Waals surface area contributed by atoms with E-state index < -0.39 is 21.6 Å². The van der Waals surface area contributed by atoms with Gasteiger partial charge in [0.1, 0.15) is 11.6 Å². The molecule has 26 heavy (non-hydrogen) atoms. The second-order valence-electron chi connectivity index (χ2n) is 6.31. The molecular weight excluding hydrogens is 359 g/mol. The Morgan fingerprint density at radius 2 is 1.58 bits per heavy atom. The SMILES string of the molecule is O=C(C[C@H]1CCS(=O)(=O)C1)Oc1ccc(C(=O)c2ccc(F)cc2)cc1. The first-order valence-electron chi connectivity index (χ1n) is 8.14. The highest BCUT2D eigenvalue weighted by atomic mass is 32.2. The Kier molecular flexibility index (Phi) is 5.18. The zero-order chi connectivity index (χ0) is 18.7. The fraction of sp³-hybridized carbons (Fsp3) is 0.263. The van der Waals surface area contributed by atoms with Gasteiger partial charge in [-0.1, -0.05) is 0 Å². The molecule has 0 spiro atoms. The maximum Gasteiger partial charge on any atom is 0.311 e. The highest BCUT2D eigenvalue weighted by molar-refractivity contribution is 7.91. The van der Waals surface area contributed by atoms with Crippen molar-refractivity contribution in [3.63, 3.8) is 0 Å². The number of esters is 1. The third-order valence-corrected chi connectivity index (χ3v) is 6.07. The molecule has 1 heterocycles. The van der Waals surface area contributed by atoms with Crippen molar-refractivity contribution >= 4 is 21.6 Å². The zero-order valence-corrected chi connectivity index (χ0v) is 14.7. The van der Waals surface area contributed by atoms with E-state index in [4.69, 9.17) is 4.74 Å². The lowest BCUT2D eigenvalue weighted by atomic mass is 10.0. The minimum Gasteiger partial charge on any atom is -0.427 e. The predicted molar refractivity (Wildman–Crippen MR) is 93.3 cm³/mol. The Morgan fingerprint density at radius 3 is 2.12 bits per heavy atom. The Balaban J connectivity index is 1.60. The predicted octanol–water partition coefficient (Wildman–Crippen LogP) is 2.79. The van der Waals surface area contributed by atoms with Crippen molar-refractivity contribution in [3.8, 4) is 5.75 Å². The Hall–Kier alpha value is -2.54. The quantitative estimate of drug-likeness (QED) is 0.456. The van der Waals surface area contributed by atoms with E-state index in [1.54, 1.807) is 0 Å². The van der Waals surface area contributed by atoms with Gasteiger partial charge in [-0.2, -0.15) is 0 Å². The second-order valence-corrected chi connectivity index (χ2v) is 8.54. The summed E-state index contributed by atoms with van der Waals surface area (Å²) in [6.45, 7) is 0. The zero-order valence-electron chi connectivity index (χ0n) is 13.9. The first kappa shape index (κ1) is 18.3. The minimum atomic E-state index is -3.03. The van der Waals surface area contributed by atoms with E-state index in [0.29, 0.717) is 17.5 Å². The van der Waals surface area contributed by atoms with Gasteiger partial charge in [-0.15, -0.1) is 0 Å². The van der Waals surface area contributed by atoms with Crippen molar-refractivity contribution in [3.05, 3.63) is 65.5 Å². The number of ketones is 1. The summed E-state index contributed by atoms with van der Waals surface area (Å²) in [4.78, 5) is 24.2. The summed E-state index contributed by atoms with van der Waals surface area (Å²) in [6.07, 6.45) is 0.526. The number of carbonyl (C=O) groups is 2. The summed E-state index contributed by atoms with van der Waals surface area (Å²) in [6, 6.07) is 11.3. The van der Waals surface area contributed by atoms with E-state index >= 15 is 0 Å². The van der Waals surface area contributed by atoms with Crippen LogP contribution in [0.3, 0.4) is 0 Å². The molecular formula is C19H17FO5S. The van der Waals surface area contributed by atoms with Crippen LogP contribution in [0.2, 0.25) is 0 Å². The molecule has 1 aliphatic heterocycles. The van der Waals surface area contributed by atoms with Crippen molar-refractivity contribution < 1.29 is 27.1 Å². The van der Waals surface area contributed by atoms with Crippen LogP contribution in [0.1, 0.15) is 28.8 Å². The summed E-state index contributed by atoms with van der Waals surface area (Å²) >= 11 is 0. The van der Waals surface area contributed by atoms with Crippen LogP contribution < -0.4 is 4.74 Å². The fourth-order valence-corrected chi connectivity index (χ4v) is 4.75. The van der Waals surface area contributed by atoms with Gasteiger partial charge in [0.05, 0.1) is 11.5 Å². The molecule has 1 atom stereocenters. The highest BCUT2D eigenvalue weighted by Gasteiger charge is 2.30. The molecule has 1 aliphatic rings. The molecule has 1 saturated heterocycles. The number of benzene rings is 2. The van der Waals surface area contributed by atoms with Gasteiger partial charge in [-0.3, -0.25) is 9.59 Å². The van der Waals surface area contributed by atoms with Crippen LogP contribution >= 0.6 is 0 Å². The van der Waals surface area contributed by atoms with E-state index in [1.165, 1.54) is 48.5 Å². The maximum atomic E-state index is 12.9. The monoisotopic (exact) mass is 376 g/mol. The molecule has 1 fully saturated rings. The molecule has 0 aliphatic carbocycles. The summed E-state index contributed by atoms with van der Waals surface area (Å²) in [5.74, 6) is -0.959. The van der Waals surface area contributed by atoms with Gasteiger partial charge < -0.3 is 4.74 Å². The van der Waals surface area contributed by atoms with E-state index in [1.807, 2.05) is 0 Å². The minimum absolute atomic E-state index is 0.0210. The average Bonchev–Trinajstić information content (AvgIpc) is 2.94. The molecule has 7 heteroatoms. The van der Waals surface area contributed by atoms with Crippen molar-refractivity contribution in [2.24, 2.45) is 5.92 Å². The Morgan fingerprint density at radius 1 is 1.00 bits per heavy atom. The summed E-state index contributed by atoms with van der Waals surface area (Å²) in [5.41, 5.74) is 0.747. The first-order valence-corrected chi connectivity index (χ1v) is 9.96. The van der Waals surface area contributed by atoms with E-state index in [9.17, 15) is 22.4 Å². The Bertz CT molecular complexity index is 917. The van der Waals surface area contributed by atoms with Crippen LogP contribution in [-0.2, 0) is 14.6 Å². The molecule has 136 valence electrons. The Labute approximate surface area is 150 Å². The third kappa shape index (κ3) is 4.54. The standard InChI is InChI=1S/C19H17FO5S/c20-16-5-1-14(2-6-16)19(22)15-3-7-17(8-4-15)25-18(21)11-13-9-10-26(23,24)12-13/h1-8,13H,9-12H2/t13-/m1/s1. The normalized spacial score (nSPS) is 18.4. The lowest BCUT2D eigenvalue weighted by Gasteiger charge is -2.08. The van der Waals surface area contributed by atoms with Crippen LogP contribution in [-0.4, -0.2) is 31.7 Å². The largest absolute Gasteiger partial charge is 0.427 e. The first-order chi connectivity index (χ1) is 12.3. The lowest BCUT2D eigenvalue weighted by molar-refractivity contribution is -0.135. The van der Waals surface area contributed by atoms with Gasteiger partial charge in [-0.05, 0) is 60.9 Å². The number of hydrogen-bond donors (Lipinski definition) is 0. The van der Waals surface area contributed by atoms with Crippen LogP contribution in [0.25, 0.3) is 0 Å². The molecule has 0 unspecified atom stereocenters. The molecule has 0 amide bonds. The number of carbonyl (C=O) groups excluding carboxylic acids is 2. The summed E-state index contributed by atoms with van der Waals surface area (Å²) in [7, 11) is -3.03. The van der Waals surface area contributed by atoms with Gasteiger partial charge >= 0.3 is 5.97 Å². The van der Waals surface area contributed by atoms with Crippen molar-refractivity contribution in [2.75, 3.05) is 11.5 Å². The molecule has 0 N–H and O–H groups in total. The van der Waals surface area contributed by atoms with Crippen LogP contribution in [0.4, 0.5) is 4.39 Å². The van der Waals surface area contributed by atoms with Crippen molar-refractivity contribution in [2.45, 2.75) is 12.8 Å². The summed E-state index contributed by atoms with van der Waals surface area (Å²) in [5, 5.41) is 0. The number of halogens is 1. The third-order valence-electron chi connectivity index (χ3n) is 4.24. The highest BCUT2D eigenvalue weighted by Crippen LogP contribution is 2.23. The van der Waals surface area contributed by atoms with E-state index in [2.05, 4.69) is 0 Å². The van der Waals surface area contributed by atoms with Gasteiger partial charge in [0.15, 0.2) is 15.6 Å². The van der Waals surface area contributed by atoms with Crippen molar-refractivity contribution in [1.82, 2.24) is 0 Å². The maximum absolute atomic E-state index is 12.9. The molecule has 0 aromatic heterocycles. The fourth-order valence-electron chi connectivity index (χ4n) is 2.88. The van der Waals surface area contributed by atoms with Crippen LogP contribution in [0, 0.1) is 11.7 Å². The number of hydrogen-bond acceptors (Lipinski definition) is 5. The molecule has 5 nitrogen and oxygen atoms in total. The molecule has 0 saturated carbocycles. The second kappa shape index (κ2) is 7.37. The summed E-state index contributed by atoms with van der Waals surface area (Å²) < 4.78 is 41.0. The molecule has 3 rings (SSSR count). The van der Waals surface area contributed by atoms with Crippen LogP contribution in [0.15, 0.2) is 48.5 Å². The van der Waals surface area contributed by atoms with Crippen LogP contribution in [0.5, 0.6) is 5.75 Å². The molecule has 0 radical (unpaired) electrons. The molecule has 2 aromatic rings. The van der Waals surface area contributed by atoms with Crippen molar-refractivity contribution in [1.29, 1.82) is 0 Å². The smallest absolute Gasteiger partial charge is 0.311 e. The average molecular weight is 376 g/mol. The number of sulfone groups is 1. The van der Waals surface area contributed by atoms with E-state index in [0.717, 1.165) is 0 Å².